The molecule has 0 bridgehead atoms. The molecule has 8 unspecified atom stereocenters. The topological polar surface area (TPSA) is 90.6 Å². The minimum Gasteiger partial charge on any atom is -0.393 e. The van der Waals surface area contributed by atoms with Crippen molar-refractivity contribution < 1.29 is 29.2 Å². The van der Waals surface area contributed by atoms with Crippen LogP contribution in [0.4, 0.5) is 0 Å². The molecule has 138 valence electrons. The van der Waals surface area contributed by atoms with Crippen LogP contribution in [0.3, 0.4) is 0 Å². The van der Waals surface area contributed by atoms with Crippen LogP contribution in [0.25, 0.3) is 0 Å². The van der Waals surface area contributed by atoms with E-state index >= 15 is 0 Å². The van der Waals surface area contributed by atoms with Crippen LogP contribution in [0.15, 0.2) is 0 Å². The zero-order valence-corrected chi connectivity index (χ0v) is 15.1. The molecule has 4 rings (SSSR count). The molecule has 0 aromatic carbocycles. The average molecular weight is 342 g/mol. The van der Waals surface area contributed by atoms with Crippen LogP contribution < -0.4 is 0 Å². The lowest BCUT2D eigenvalue weighted by atomic mass is 9.71. The minimum absolute atomic E-state index is 0.0846. The first-order valence-electron chi connectivity index (χ1n) is 9.00. The van der Waals surface area contributed by atoms with Crippen LogP contribution >= 0.6 is 0 Å². The van der Waals surface area contributed by atoms with E-state index in [0.29, 0.717) is 26.2 Å². The third-order valence-corrected chi connectivity index (χ3v) is 6.45. The van der Waals surface area contributed by atoms with Crippen LogP contribution in [-0.4, -0.2) is 71.3 Å². The van der Waals surface area contributed by atoms with Gasteiger partial charge in [-0.3, -0.25) is 0 Å². The van der Waals surface area contributed by atoms with E-state index < -0.39 is 17.8 Å². The van der Waals surface area contributed by atoms with E-state index in [9.17, 15) is 10.2 Å². The summed E-state index contributed by atoms with van der Waals surface area (Å²) in [5.74, 6) is -0.439. The van der Waals surface area contributed by atoms with Gasteiger partial charge >= 0.3 is 0 Å². The average Bonchev–Trinajstić information content (AvgIpc) is 3.23. The summed E-state index contributed by atoms with van der Waals surface area (Å²) in [6.45, 7) is 10.7. The molecular formula is C18H30O6. The van der Waals surface area contributed by atoms with Gasteiger partial charge in [-0.1, -0.05) is 0 Å². The Balaban J connectivity index is 1.53. The molecule has 6 nitrogen and oxygen atoms in total. The third kappa shape index (κ3) is 3.24. The van der Waals surface area contributed by atoms with Crippen LogP contribution in [0.2, 0.25) is 0 Å². The summed E-state index contributed by atoms with van der Waals surface area (Å²) in [6.07, 6.45) is -0.120. The number of aliphatic hydroxyl groups excluding tert-OH is 2. The molecule has 0 radical (unpaired) electrons. The maximum absolute atomic E-state index is 11.3. The number of hydrogen-bond acceptors (Lipinski definition) is 6. The number of ether oxygens (including phenoxy) is 4. The molecule has 6 heteroatoms. The Morgan fingerprint density at radius 2 is 1.21 bits per heavy atom. The monoisotopic (exact) mass is 342 g/mol. The number of rotatable bonds is 9. The summed E-state index contributed by atoms with van der Waals surface area (Å²) in [5, 5.41) is 22.2. The first-order valence-corrected chi connectivity index (χ1v) is 9.00. The second-order valence-electron chi connectivity index (χ2n) is 9.28. The van der Waals surface area contributed by atoms with Crippen molar-refractivity contribution in [2.75, 3.05) is 26.4 Å². The smallest absolute Gasteiger partial charge is 0.0966 e. The molecule has 0 aromatic heterocycles. The Kier molecular flexibility index (Phi) is 3.69. The Hall–Kier alpha value is -0.240. The second kappa shape index (κ2) is 5.15. The molecular weight excluding hydrogens is 312 g/mol. The van der Waals surface area contributed by atoms with Crippen molar-refractivity contribution in [3.05, 3.63) is 0 Å². The second-order valence-corrected chi connectivity index (χ2v) is 9.28. The van der Waals surface area contributed by atoms with Gasteiger partial charge in [0, 0.05) is 18.3 Å². The highest BCUT2D eigenvalue weighted by atomic mass is 16.6. The first kappa shape index (κ1) is 17.2. The molecule has 0 aromatic rings. The molecule has 8 atom stereocenters. The maximum Gasteiger partial charge on any atom is 0.0966 e. The molecule has 4 saturated heterocycles. The molecule has 0 spiro atoms. The summed E-state index contributed by atoms with van der Waals surface area (Å²) in [5.41, 5.74) is -1.24. The maximum atomic E-state index is 11.3. The van der Waals surface area contributed by atoms with E-state index in [4.69, 9.17) is 18.9 Å². The molecule has 4 heterocycles. The van der Waals surface area contributed by atoms with Crippen LogP contribution in [-0.2, 0) is 18.9 Å². The van der Waals surface area contributed by atoms with Crippen molar-refractivity contribution in [2.45, 2.75) is 75.1 Å². The fourth-order valence-electron chi connectivity index (χ4n) is 4.09. The van der Waals surface area contributed by atoms with Crippen molar-refractivity contribution in [2.24, 2.45) is 11.8 Å². The largest absolute Gasteiger partial charge is 0.393 e. The summed E-state index contributed by atoms with van der Waals surface area (Å²) in [7, 11) is 0. The summed E-state index contributed by atoms with van der Waals surface area (Å²) >= 11 is 0. The quantitative estimate of drug-likeness (QED) is 0.605. The molecule has 4 aliphatic heterocycles. The van der Waals surface area contributed by atoms with Gasteiger partial charge in [-0.25, -0.2) is 0 Å². The molecule has 4 fully saturated rings. The Morgan fingerprint density at radius 1 is 0.750 bits per heavy atom. The van der Waals surface area contributed by atoms with E-state index in [1.807, 2.05) is 20.8 Å². The predicted molar refractivity (Wildman–Crippen MR) is 85.7 cm³/mol. The zero-order chi connectivity index (χ0) is 17.4. The number of epoxide rings is 4. The lowest BCUT2D eigenvalue weighted by molar-refractivity contribution is -0.0790. The molecule has 24 heavy (non-hydrogen) atoms. The Morgan fingerprint density at radius 3 is 1.62 bits per heavy atom. The lowest BCUT2D eigenvalue weighted by Gasteiger charge is -2.38. The SMILES string of the molecule is CC1(CC(O)C(C(O)C(CC2(C)CO2)C2(C)CO2)C2(C)CO2)CO1. The Labute approximate surface area is 143 Å². The molecule has 0 aliphatic carbocycles. The van der Waals surface area contributed by atoms with Crippen molar-refractivity contribution in [1.82, 2.24) is 0 Å². The fraction of sp³-hybridized carbons (Fsp3) is 1.00. The highest BCUT2D eigenvalue weighted by Crippen LogP contribution is 2.51. The normalized spacial score (nSPS) is 50.8. The minimum atomic E-state index is -0.705. The van der Waals surface area contributed by atoms with Crippen molar-refractivity contribution in [3.8, 4) is 0 Å². The highest BCUT2D eigenvalue weighted by molar-refractivity contribution is 5.10. The third-order valence-electron chi connectivity index (χ3n) is 6.45. The van der Waals surface area contributed by atoms with Crippen LogP contribution in [0, 0.1) is 11.8 Å². The van der Waals surface area contributed by atoms with Gasteiger partial charge in [0.25, 0.3) is 0 Å². The van der Waals surface area contributed by atoms with Gasteiger partial charge in [0.1, 0.15) is 0 Å². The van der Waals surface area contributed by atoms with Gasteiger partial charge in [-0.05, 0) is 34.1 Å². The van der Waals surface area contributed by atoms with Gasteiger partial charge in [0.15, 0.2) is 0 Å². The molecule has 2 N–H and O–H groups in total. The molecule has 0 saturated carbocycles. The van der Waals surface area contributed by atoms with Gasteiger partial charge < -0.3 is 29.2 Å². The fourth-order valence-corrected chi connectivity index (χ4v) is 4.09. The van der Waals surface area contributed by atoms with Crippen molar-refractivity contribution in [1.29, 1.82) is 0 Å². The van der Waals surface area contributed by atoms with E-state index in [-0.39, 0.29) is 28.6 Å². The molecule has 4 aliphatic rings. The Bertz CT molecular complexity index is 504. The number of hydrogen-bond donors (Lipinski definition) is 2. The standard InChI is InChI=1S/C18H30O6/c1-15(7-21-15)5-11(17(3)9-23-17)14(20)13(18(4)10-24-18)12(19)6-16(2)8-22-16/h11-14,19-20H,5-10H2,1-4H3. The summed E-state index contributed by atoms with van der Waals surface area (Å²) < 4.78 is 22.3. The van der Waals surface area contributed by atoms with Crippen LogP contribution in [0.1, 0.15) is 40.5 Å². The van der Waals surface area contributed by atoms with Crippen molar-refractivity contribution in [3.63, 3.8) is 0 Å². The van der Waals surface area contributed by atoms with E-state index in [0.717, 1.165) is 13.0 Å². The summed E-state index contributed by atoms with van der Waals surface area (Å²) in [6, 6.07) is 0. The predicted octanol–water partition coefficient (Wildman–Crippen LogP) is 0.876. The van der Waals surface area contributed by atoms with E-state index in [1.54, 1.807) is 0 Å². The zero-order valence-electron chi connectivity index (χ0n) is 15.1. The molecule has 0 amide bonds. The van der Waals surface area contributed by atoms with Gasteiger partial charge in [-0.2, -0.15) is 0 Å². The first-order chi connectivity index (χ1) is 11.1. The summed E-state index contributed by atoms with van der Waals surface area (Å²) in [4.78, 5) is 0. The number of aliphatic hydroxyl groups is 2. The van der Waals surface area contributed by atoms with Gasteiger partial charge in [-0.15, -0.1) is 0 Å². The van der Waals surface area contributed by atoms with Crippen molar-refractivity contribution >= 4 is 0 Å². The van der Waals surface area contributed by atoms with Gasteiger partial charge in [0.05, 0.1) is 61.0 Å². The lowest BCUT2D eigenvalue weighted by Crippen LogP contribution is -2.50. The van der Waals surface area contributed by atoms with Crippen LogP contribution in [0.5, 0.6) is 0 Å². The van der Waals surface area contributed by atoms with E-state index in [1.165, 1.54) is 0 Å². The van der Waals surface area contributed by atoms with E-state index in [2.05, 4.69) is 6.92 Å². The van der Waals surface area contributed by atoms with Gasteiger partial charge in [0.2, 0.25) is 0 Å². The highest BCUT2D eigenvalue weighted by Gasteiger charge is 2.62.